The Bertz CT molecular complexity index is 722. The number of rotatable bonds is 7. The molecule has 2 aromatic rings. The number of nitrogens with one attached hydrogen (secondary N) is 2. The van der Waals surface area contributed by atoms with Gasteiger partial charge in [0.1, 0.15) is 5.82 Å². The van der Waals surface area contributed by atoms with Gasteiger partial charge in [-0.15, -0.1) is 0 Å². The van der Waals surface area contributed by atoms with Crippen LogP contribution in [0.3, 0.4) is 0 Å². The first kappa shape index (κ1) is 20.1. The number of hydrogen-bond donors (Lipinski definition) is 2. The van der Waals surface area contributed by atoms with Gasteiger partial charge in [-0.05, 0) is 37.2 Å². The molecule has 0 aliphatic carbocycles. The first-order valence-electron chi connectivity index (χ1n) is 10.1. The maximum Gasteiger partial charge on any atom is 0.191 e. The summed E-state index contributed by atoms with van der Waals surface area (Å²) < 4.78 is 0. The van der Waals surface area contributed by atoms with Gasteiger partial charge in [0.15, 0.2) is 5.96 Å². The normalized spacial score (nSPS) is 15.5. The Hall–Kier alpha value is -2.67. The summed E-state index contributed by atoms with van der Waals surface area (Å²) in [5, 5.41) is 6.60. The summed E-state index contributed by atoms with van der Waals surface area (Å²) in [6.07, 6.45) is 3.74. The third kappa shape index (κ3) is 5.92. The molecule has 7 heteroatoms. The highest BCUT2D eigenvalue weighted by Crippen LogP contribution is 2.14. The SMILES string of the molecule is CCNC(=NCc1ccc(N2CCN(CC)CC2)nc1)NCc1ccccn1. The molecule has 3 heterocycles. The maximum atomic E-state index is 4.67. The minimum Gasteiger partial charge on any atom is -0.357 e. The van der Waals surface area contributed by atoms with Crippen LogP contribution in [0.5, 0.6) is 0 Å². The predicted molar refractivity (Wildman–Crippen MR) is 114 cm³/mol. The Kier molecular flexibility index (Phi) is 7.61. The molecule has 150 valence electrons. The molecule has 3 rings (SSSR count). The van der Waals surface area contributed by atoms with E-state index in [1.807, 2.05) is 24.4 Å². The van der Waals surface area contributed by atoms with Crippen molar-refractivity contribution in [2.75, 3.05) is 44.2 Å². The first-order chi connectivity index (χ1) is 13.8. The molecule has 0 atom stereocenters. The molecule has 0 saturated carbocycles. The highest BCUT2D eigenvalue weighted by atomic mass is 15.3. The summed E-state index contributed by atoms with van der Waals surface area (Å²) in [4.78, 5) is 18.5. The fraction of sp³-hybridized carbons (Fsp3) is 0.476. The lowest BCUT2D eigenvalue weighted by molar-refractivity contribution is 0.270. The third-order valence-corrected chi connectivity index (χ3v) is 4.88. The van der Waals surface area contributed by atoms with Gasteiger partial charge in [-0.25, -0.2) is 9.98 Å². The van der Waals surface area contributed by atoms with E-state index in [1.165, 1.54) is 0 Å². The summed E-state index contributed by atoms with van der Waals surface area (Å²) in [7, 11) is 0. The summed E-state index contributed by atoms with van der Waals surface area (Å²) in [6.45, 7) is 11.8. The zero-order valence-electron chi connectivity index (χ0n) is 16.9. The quantitative estimate of drug-likeness (QED) is 0.564. The molecular weight excluding hydrogens is 350 g/mol. The molecule has 0 amide bonds. The number of hydrogen-bond acceptors (Lipinski definition) is 5. The average molecular weight is 382 g/mol. The van der Waals surface area contributed by atoms with Crippen molar-refractivity contribution in [1.29, 1.82) is 0 Å². The number of piperazine rings is 1. The molecule has 28 heavy (non-hydrogen) atoms. The van der Waals surface area contributed by atoms with Crippen LogP contribution in [-0.4, -0.2) is 60.1 Å². The third-order valence-electron chi connectivity index (χ3n) is 4.88. The van der Waals surface area contributed by atoms with Crippen LogP contribution in [0, 0.1) is 0 Å². The summed E-state index contributed by atoms with van der Waals surface area (Å²) in [5.41, 5.74) is 2.09. The fourth-order valence-electron chi connectivity index (χ4n) is 3.18. The highest BCUT2D eigenvalue weighted by Gasteiger charge is 2.16. The van der Waals surface area contributed by atoms with Gasteiger partial charge in [-0.2, -0.15) is 0 Å². The van der Waals surface area contributed by atoms with Gasteiger partial charge >= 0.3 is 0 Å². The molecular formula is C21H31N7. The van der Waals surface area contributed by atoms with E-state index >= 15 is 0 Å². The van der Waals surface area contributed by atoms with Gasteiger partial charge in [0, 0.05) is 45.1 Å². The van der Waals surface area contributed by atoms with Gasteiger partial charge in [0.05, 0.1) is 18.8 Å². The number of nitrogens with zero attached hydrogens (tertiary/aromatic N) is 5. The van der Waals surface area contributed by atoms with E-state index in [0.717, 1.165) is 62.3 Å². The smallest absolute Gasteiger partial charge is 0.191 e. The Balaban J connectivity index is 1.54. The average Bonchev–Trinajstić information content (AvgIpc) is 2.77. The number of aromatic nitrogens is 2. The van der Waals surface area contributed by atoms with E-state index in [2.05, 4.69) is 61.4 Å². The number of likely N-dealkylation sites (N-methyl/N-ethyl adjacent to an activating group) is 1. The summed E-state index contributed by atoms with van der Waals surface area (Å²) in [5.74, 6) is 1.84. The van der Waals surface area contributed by atoms with Crippen molar-refractivity contribution >= 4 is 11.8 Å². The number of guanidine groups is 1. The number of aliphatic imine (C=N–C) groups is 1. The van der Waals surface area contributed by atoms with Gasteiger partial charge in [-0.3, -0.25) is 4.98 Å². The van der Waals surface area contributed by atoms with Crippen molar-refractivity contribution in [2.45, 2.75) is 26.9 Å². The highest BCUT2D eigenvalue weighted by molar-refractivity contribution is 5.79. The monoisotopic (exact) mass is 381 g/mol. The standard InChI is InChI=1S/C21H31N7/c1-3-22-21(26-17-19-7-5-6-10-23-19)25-16-18-8-9-20(24-15-18)28-13-11-27(4-2)12-14-28/h5-10,15H,3-4,11-14,16-17H2,1-2H3,(H2,22,25,26). The minimum atomic E-state index is 0.592. The molecule has 1 saturated heterocycles. The largest absolute Gasteiger partial charge is 0.357 e. The van der Waals surface area contributed by atoms with Crippen molar-refractivity contribution in [1.82, 2.24) is 25.5 Å². The van der Waals surface area contributed by atoms with Crippen molar-refractivity contribution in [3.05, 3.63) is 54.0 Å². The van der Waals surface area contributed by atoms with Crippen LogP contribution in [0.15, 0.2) is 47.7 Å². The number of pyridine rings is 2. The van der Waals surface area contributed by atoms with Crippen LogP contribution in [-0.2, 0) is 13.1 Å². The molecule has 2 N–H and O–H groups in total. The lowest BCUT2D eigenvalue weighted by atomic mass is 10.2. The zero-order valence-corrected chi connectivity index (χ0v) is 16.9. The van der Waals surface area contributed by atoms with Crippen LogP contribution in [0.1, 0.15) is 25.1 Å². The van der Waals surface area contributed by atoms with Crippen LogP contribution in [0.25, 0.3) is 0 Å². The molecule has 7 nitrogen and oxygen atoms in total. The van der Waals surface area contributed by atoms with Crippen LogP contribution < -0.4 is 15.5 Å². The molecule has 1 aliphatic rings. The first-order valence-corrected chi connectivity index (χ1v) is 10.1. The number of anilines is 1. The van der Waals surface area contributed by atoms with Crippen molar-refractivity contribution in [3.63, 3.8) is 0 Å². The lowest BCUT2D eigenvalue weighted by Crippen LogP contribution is -2.46. The molecule has 0 spiro atoms. The lowest BCUT2D eigenvalue weighted by Gasteiger charge is -2.34. The Labute approximate surface area is 167 Å². The van der Waals surface area contributed by atoms with E-state index in [9.17, 15) is 0 Å². The van der Waals surface area contributed by atoms with Crippen molar-refractivity contribution in [2.24, 2.45) is 4.99 Å². The summed E-state index contributed by atoms with van der Waals surface area (Å²) in [6, 6.07) is 10.1. The zero-order chi connectivity index (χ0) is 19.6. The molecule has 0 aromatic carbocycles. The van der Waals surface area contributed by atoms with Gasteiger partial charge in [-0.1, -0.05) is 19.1 Å². The molecule has 1 aliphatic heterocycles. The van der Waals surface area contributed by atoms with Crippen LogP contribution in [0.2, 0.25) is 0 Å². The fourth-order valence-corrected chi connectivity index (χ4v) is 3.18. The second kappa shape index (κ2) is 10.6. The molecule has 0 radical (unpaired) electrons. The van der Waals surface area contributed by atoms with Crippen molar-refractivity contribution < 1.29 is 0 Å². The second-order valence-electron chi connectivity index (χ2n) is 6.82. The van der Waals surface area contributed by atoms with Crippen molar-refractivity contribution in [3.8, 4) is 0 Å². The molecule has 2 aromatic heterocycles. The molecule has 1 fully saturated rings. The van der Waals surface area contributed by atoms with Gasteiger partial charge < -0.3 is 20.4 Å². The van der Waals surface area contributed by atoms with E-state index < -0.39 is 0 Å². The van der Waals surface area contributed by atoms with E-state index in [-0.39, 0.29) is 0 Å². The minimum absolute atomic E-state index is 0.592. The second-order valence-corrected chi connectivity index (χ2v) is 6.82. The summed E-state index contributed by atoms with van der Waals surface area (Å²) >= 11 is 0. The van der Waals surface area contributed by atoms with Gasteiger partial charge in [0.2, 0.25) is 0 Å². The molecule has 0 unspecified atom stereocenters. The molecule has 0 bridgehead atoms. The van der Waals surface area contributed by atoms with E-state index in [4.69, 9.17) is 0 Å². The Morgan fingerprint density at radius 1 is 1.04 bits per heavy atom. The van der Waals surface area contributed by atoms with Crippen LogP contribution >= 0.6 is 0 Å². The Morgan fingerprint density at radius 2 is 1.89 bits per heavy atom. The predicted octanol–water partition coefficient (Wildman–Crippen LogP) is 1.87. The van der Waals surface area contributed by atoms with E-state index in [1.54, 1.807) is 6.20 Å². The maximum absolute atomic E-state index is 4.67. The Morgan fingerprint density at radius 3 is 2.54 bits per heavy atom. The van der Waals surface area contributed by atoms with Gasteiger partial charge in [0.25, 0.3) is 0 Å². The van der Waals surface area contributed by atoms with Crippen LogP contribution in [0.4, 0.5) is 5.82 Å². The topological polar surface area (TPSA) is 68.7 Å². The van der Waals surface area contributed by atoms with E-state index in [0.29, 0.717) is 13.1 Å².